The van der Waals surface area contributed by atoms with Gasteiger partial charge in [0.05, 0.1) is 11.6 Å². The van der Waals surface area contributed by atoms with E-state index >= 15 is 0 Å². The average molecular weight is 293 g/mol. The summed E-state index contributed by atoms with van der Waals surface area (Å²) in [5, 5.41) is 0. The molecular formula is C16H23NO4. The van der Waals surface area contributed by atoms with Crippen molar-refractivity contribution in [2.45, 2.75) is 31.4 Å². The van der Waals surface area contributed by atoms with Crippen molar-refractivity contribution in [2.75, 3.05) is 33.0 Å². The molecule has 5 heteroatoms. The molecule has 0 aromatic heterocycles. The average Bonchev–Trinajstić information content (AvgIpc) is 2.55. The SMILES string of the molecule is CCOC1(C(N)c2ccc3c(c2)OCCO3)CCOCC1. The number of ether oxygens (including phenoxy) is 4. The topological polar surface area (TPSA) is 62.9 Å². The fourth-order valence-electron chi connectivity index (χ4n) is 3.11. The van der Waals surface area contributed by atoms with E-state index in [0.717, 1.165) is 29.9 Å². The highest BCUT2D eigenvalue weighted by Gasteiger charge is 2.40. The third-order valence-corrected chi connectivity index (χ3v) is 4.26. The Morgan fingerprint density at radius 2 is 1.86 bits per heavy atom. The molecule has 2 N–H and O–H groups in total. The van der Waals surface area contributed by atoms with Crippen LogP contribution in [0.2, 0.25) is 0 Å². The zero-order valence-electron chi connectivity index (χ0n) is 12.5. The van der Waals surface area contributed by atoms with Gasteiger partial charge in [-0.25, -0.2) is 0 Å². The minimum atomic E-state index is -0.350. The second-order valence-corrected chi connectivity index (χ2v) is 5.49. The lowest BCUT2D eigenvalue weighted by Gasteiger charge is -2.41. The van der Waals surface area contributed by atoms with Crippen molar-refractivity contribution in [1.82, 2.24) is 0 Å². The van der Waals surface area contributed by atoms with Crippen molar-refractivity contribution >= 4 is 0 Å². The molecule has 0 amide bonds. The van der Waals surface area contributed by atoms with E-state index < -0.39 is 0 Å². The highest BCUT2D eigenvalue weighted by molar-refractivity contribution is 5.45. The van der Waals surface area contributed by atoms with Gasteiger partial charge in [0.15, 0.2) is 11.5 Å². The Labute approximate surface area is 125 Å². The van der Waals surface area contributed by atoms with E-state index in [-0.39, 0.29) is 11.6 Å². The molecule has 3 rings (SSSR count). The van der Waals surface area contributed by atoms with Gasteiger partial charge in [-0.05, 0) is 24.6 Å². The van der Waals surface area contributed by atoms with Gasteiger partial charge in [-0.15, -0.1) is 0 Å². The monoisotopic (exact) mass is 293 g/mol. The zero-order chi connectivity index (χ0) is 14.7. The number of nitrogens with two attached hydrogens (primary N) is 1. The van der Waals surface area contributed by atoms with Crippen LogP contribution in [0, 0.1) is 0 Å². The molecule has 1 aromatic rings. The molecule has 0 radical (unpaired) electrons. The van der Waals surface area contributed by atoms with Gasteiger partial charge < -0.3 is 24.7 Å². The summed E-state index contributed by atoms with van der Waals surface area (Å²) < 4.78 is 22.7. The molecule has 2 heterocycles. The summed E-state index contributed by atoms with van der Waals surface area (Å²) >= 11 is 0. The van der Waals surface area contributed by atoms with Crippen molar-refractivity contribution in [3.63, 3.8) is 0 Å². The first-order valence-corrected chi connectivity index (χ1v) is 7.62. The van der Waals surface area contributed by atoms with Gasteiger partial charge in [0, 0.05) is 32.7 Å². The molecule has 2 aliphatic rings. The molecular weight excluding hydrogens is 270 g/mol. The maximum atomic E-state index is 6.55. The van der Waals surface area contributed by atoms with E-state index in [4.69, 9.17) is 24.7 Å². The van der Waals surface area contributed by atoms with E-state index in [1.54, 1.807) is 0 Å². The smallest absolute Gasteiger partial charge is 0.161 e. The van der Waals surface area contributed by atoms with Crippen LogP contribution in [0.5, 0.6) is 11.5 Å². The largest absolute Gasteiger partial charge is 0.486 e. The molecule has 2 aliphatic heterocycles. The summed E-state index contributed by atoms with van der Waals surface area (Å²) in [4.78, 5) is 0. The third-order valence-electron chi connectivity index (χ3n) is 4.26. The summed E-state index contributed by atoms with van der Waals surface area (Å²) in [7, 11) is 0. The summed E-state index contributed by atoms with van der Waals surface area (Å²) in [6, 6.07) is 5.73. The van der Waals surface area contributed by atoms with Crippen molar-refractivity contribution in [3.8, 4) is 11.5 Å². The summed E-state index contributed by atoms with van der Waals surface area (Å²) in [6.07, 6.45) is 1.63. The standard InChI is InChI=1S/C16H23NO4/c1-2-21-16(5-7-18-8-6-16)15(17)12-3-4-13-14(11-12)20-10-9-19-13/h3-4,11,15H,2,5-10,17H2,1H3. The van der Waals surface area contributed by atoms with Gasteiger partial charge >= 0.3 is 0 Å². The normalized spacial score (nSPS) is 21.8. The Kier molecular flexibility index (Phi) is 4.33. The van der Waals surface area contributed by atoms with E-state index in [2.05, 4.69) is 0 Å². The van der Waals surface area contributed by atoms with Crippen molar-refractivity contribution in [1.29, 1.82) is 0 Å². The van der Waals surface area contributed by atoms with Gasteiger partial charge in [0.2, 0.25) is 0 Å². The number of benzene rings is 1. The first kappa shape index (κ1) is 14.6. The lowest BCUT2D eigenvalue weighted by Crippen LogP contribution is -2.48. The van der Waals surface area contributed by atoms with Gasteiger partial charge in [-0.1, -0.05) is 6.07 Å². The molecule has 1 fully saturated rings. The van der Waals surface area contributed by atoms with Crippen LogP contribution in [0.1, 0.15) is 31.4 Å². The minimum Gasteiger partial charge on any atom is -0.486 e. The van der Waals surface area contributed by atoms with Crippen LogP contribution in [0.4, 0.5) is 0 Å². The van der Waals surface area contributed by atoms with Crippen LogP contribution in [0.3, 0.4) is 0 Å². The van der Waals surface area contributed by atoms with Gasteiger partial charge in [-0.3, -0.25) is 0 Å². The first-order chi connectivity index (χ1) is 10.2. The quantitative estimate of drug-likeness (QED) is 0.920. The van der Waals surface area contributed by atoms with Crippen molar-refractivity contribution < 1.29 is 18.9 Å². The Bertz CT molecular complexity index is 480. The summed E-state index contributed by atoms with van der Waals surface area (Å²) in [5.41, 5.74) is 7.22. The van der Waals surface area contributed by atoms with Crippen molar-refractivity contribution in [3.05, 3.63) is 23.8 Å². The fourth-order valence-corrected chi connectivity index (χ4v) is 3.11. The maximum absolute atomic E-state index is 6.55. The van der Waals surface area contributed by atoms with Crippen LogP contribution >= 0.6 is 0 Å². The van der Waals surface area contributed by atoms with Crippen LogP contribution in [-0.4, -0.2) is 38.6 Å². The number of rotatable bonds is 4. The Hall–Kier alpha value is -1.30. The minimum absolute atomic E-state index is 0.197. The fraction of sp³-hybridized carbons (Fsp3) is 0.625. The molecule has 0 saturated carbocycles. The van der Waals surface area contributed by atoms with Crippen LogP contribution in [0.15, 0.2) is 18.2 Å². The number of hydrogen-bond acceptors (Lipinski definition) is 5. The molecule has 21 heavy (non-hydrogen) atoms. The summed E-state index contributed by atoms with van der Waals surface area (Å²) in [6.45, 7) is 5.22. The molecule has 0 aliphatic carbocycles. The molecule has 1 aromatic carbocycles. The van der Waals surface area contributed by atoms with Gasteiger partial charge in [0.1, 0.15) is 13.2 Å². The first-order valence-electron chi connectivity index (χ1n) is 7.62. The molecule has 5 nitrogen and oxygen atoms in total. The highest BCUT2D eigenvalue weighted by Crippen LogP contribution is 2.39. The Morgan fingerprint density at radius 1 is 1.14 bits per heavy atom. The van der Waals surface area contributed by atoms with Crippen molar-refractivity contribution in [2.24, 2.45) is 5.73 Å². The van der Waals surface area contributed by atoms with Gasteiger partial charge in [-0.2, -0.15) is 0 Å². The maximum Gasteiger partial charge on any atom is 0.161 e. The van der Waals surface area contributed by atoms with Gasteiger partial charge in [0.25, 0.3) is 0 Å². The molecule has 1 unspecified atom stereocenters. The van der Waals surface area contributed by atoms with Crippen LogP contribution in [0.25, 0.3) is 0 Å². The predicted molar refractivity (Wildman–Crippen MR) is 78.8 cm³/mol. The molecule has 116 valence electrons. The highest BCUT2D eigenvalue weighted by atomic mass is 16.6. The lowest BCUT2D eigenvalue weighted by molar-refractivity contribution is -0.121. The third kappa shape index (κ3) is 2.86. The number of hydrogen-bond donors (Lipinski definition) is 1. The van der Waals surface area contributed by atoms with E-state index in [1.807, 2.05) is 25.1 Å². The molecule has 0 bridgehead atoms. The molecule has 0 spiro atoms. The number of fused-ring (bicyclic) bond motifs is 1. The van der Waals surface area contributed by atoms with Crippen LogP contribution < -0.4 is 15.2 Å². The Balaban J connectivity index is 1.86. The van der Waals surface area contributed by atoms with E-state index in [9.17, 15) is 0 Å². The lowest BCUT2D eigenvalue weighted by atomic mass is 9.82. The zero-order valence-corrected chi connectivity index (χ0v) is 12.5. The molecule has 1 saturated heterocycles. The predicted octanol–water partition coefficient (Wildman–Crippen LogP) is 2.04. The second kappa shape index (κ2) is 6.22. The second-order valence-electron chi connectivity index (χ2n) is 5.49. The van der Waals surface area contributed by atoms with E-state index in [1.165, 1.54) is 0 Å². The summed E-state index contributed by atoms with van der Waals surface area (Å²) in [5.74, 6) is 1.56. The molecule has 1 atom stereocenters. The van der Waals surface area contributed by atoms with Crippen LogP contribution in [-0.2, 0) is 9.47 Å². The van der Waals surface area contributed by atoms with E-state index in [0.29, 0.717) is 33.0 Å². The Morgan fingerprint density at radius 3 is 2.57 bits per heavy atom.